The van der Waals surface area contributed by atoms with Gasteiger partial charge in [0.25, 0.3) is 0 Å². The van der Waals surface area contributed by atoms with E-state index in [4.69, 9.17) is 0 Å². The van der Waals surface area contributed by atoms with Crippen LogP contribution in [0.3, 0.4) is 0 Å². The minimum absolute atomic E-state index is 0.931. The van der Waals surface area contributed by atoms with Crippen molar-refractivity contribution in [2.45, 2.75) is 0 Å². The normalized spacial score (nSPS) is 12.1. The van der Waals surface area contributed by atoms with Gasteiger partial charge in [0.05, 0.1) is 24.5 Å². The molecule has 2 heteroatoms. The summed E-state index contributed by atoms with van der Waals surface area (Å²) in [5, 5.41) is 3.03. The summed E-state index contributed by atoms with van der Waals surface area (Å²) in [7, 11) is -0.0172. The molecule has 17 heavy (non-hydrogen) atoms. The third-order valence-electron chi connectivity index (χ3n) is 2.91. The van der Waals surface area contributed by atoms with Crippen molar-refractivity contribution in [3.05, 3.63) is 60.7 Å². The lowest BCUT2D eigenvalue weighted by atomic mass is 10.4. The number of rotatable bonds is 4. The fourth-order valence-corrected chi connectivity index (χ4v) is 6.22. The first kappa shape index (κ1) is 12.7. The minimum atomic E-state index is -0.948. The van der Waals surface area contributed by atoms with E-state index >= 15 is 0 Å². The van der Waals surface area contributed by atoms with Crippen LogP contribution in [0.4, 0.5) is 0 Å². The van der Waals surface area contributed by atoms with Gasteiger partial charge < -0.3 is 0 Å². The fourth-order valence-electron chi connectivity index (χ4n) is 1.77. The highest BCUT2D eigenvalue weighted by atomic mass is 31.2. The molecule has 1 unspecified atom stereocenters. The van der Waals surface area contributed by atoms with E-state index < -0.39 is 7.26 Å². The highest BCUT2D eigenvalue weighted by Crippen LogP contribution is 2.53. The first-order chi connectivity index (χ1) is 8.18. The second kappa shape index (κ2) is 5.76. The molecule has 2 aromatic carbocycles. The van der Waals surface area contributed by atoms with Crippen LogP contribution in [0.2, 0.25) is 0 Å². The summed E-state index contributed by atoms with van der Waals surface area (Å²) < 4.78 is 0. The first-order valence-corrected chi connectivity index (χ1v) is 9.93. The van der Waals surface area contributed by atoms with Crippen molar-refractivity contribution < 1.29 is 0 Å². The van der Waals surface area contributed by atoms with Crippen LogP contribution in [0.15, 0.2) is 60.7 Å². The average Bonchev–Trinajstić information content (AvgIpc) is 2.39. The molecular formula is C15H19P2+. The van der Waals surface area contributed by atoms with Crippen LogP contribution in [0.25, 0.3) is 0 Å². The fraction of sp³-hybridized carbons (Fsp3) is 0.200. The maximum absolute atomic E-state index is 2.44. The van der Waals surface area contributed by atoms with Crippen LogP contribution >= 0.6 is 15.8 Å². The number of hydrogen-bond donors (Lipinski definition) is 0. The lowest BCUT2D eigenvalue weighted by Gasteiger charge is -2.17. The predicted octanol–water partition coefficient (Wildman–Crippen LogP) is 3.55. The quantitative estimate of drug-likeness (QED) is 0.738. The molecule has 0 spiro atoms. The van der Waals surface area contributed by atoms with E-state index in [0.717, 1.165) is 8.58 Å². The number of benzene rings is 2. The van der Waals surface area contributed by atoms with E-state index in [2.05, 4.69) is 74.0 Å². The van der Waals surface area contributed by atoms with Crippen LogP contribution in [0, 0.1) is 0 Å². The first-order valence-electron chi connectivity index (χ1n) is 5.86. The second-order valence-electron chi connectivity index (χ2n) is 4.72. The van der Waals surface area contributed by atoms with Crippen molar-refractivity contribution in [3.8, 4) is 0 Å². The van der Waals surface area contributed by atoms with Crippen LogP contribution < -0.4 is 10.6 Å². The third-order valence-corrected chi connectivity index (χ3v) is 9.14. The zero-order valence-electron chi connectivity index (χ0n) is 10.4. The van der Waals surface area contributed by atoms with Gasteiger partial charge >= 0.3 is 0 Å². The highest BCUT2D eigenvalue weighted by Gasteiger charge is 2.27. The molecule has 0 N–H and O–H groups in total. The van der Waals surface area contributed by atoms with Gasteiger partial charge in [-0.2, -0.15) is 0 Å². The Morgan fingerprint density at radius 1 is 0.824 bits per heavy atom. The molecule has 0 radical (unpaired) electrons. The van der Waals surface area contributed by atoms with Crippen molar-refractivity contribution in [1.29, 1.82) is 0 Å². The Hall–Kier alpha value is -0.700. The van der Waals surface area contributed by atoms with Crippen LogP contribution in [-0.2, 0) is 0 Å². The van der Waals surface area contributed by atoms with E-state index in [0.29, 0.717) is 0 Å². The molecule has 0 nitrogen and oxygen atoms in total. The predicted molar refractivity (Wildman–Crippen MR) is 84.1 cm³/mol. The van der Waals surface area contributed by atoms with Gasteiger partial charge in [0.15, 0.2) is 0 Å². The lowest BCUT2D eigenvalue weighted by molar-refractivity contribution is 1.74. The van der Waals surface area contributed by atoms with Gasteiger partial charge in [-0.05, 0) is 17.4 Å². The van der Waals surface area contributed by atoms with E-state index in [-0.39, 0.29) is 0 Å². The molecule has 0 heterocycles. The third kappa shape index (κ3) is 3.63. The molecule has 0 saturated heterocycles. The Labute approximate surface area is 107 Å². The topological polar surface area (TPSA) is 0 Å². The molecule has 2 aromatic rings. The van der Waals surface area contributed by atoms with E-state index in [1.807, 2.05) is 0 Å². The molecule has 0 saturated carbocycles. The maximum Gasteiger partial charge on any atom is 0.0937 e. The van der Waals surface area contributed by atoms with Gasteiger partial charge in [0, 0.05) is 7.26 Å². The second-order valence-corrected chi connectivity index (χ2v) is 10.8. The highest BCUT2D eigenvalue weighted by molar-refractivity contribution is 7.87. The van der Waals surface area contributed by atoms with Gasteiger partial charge in [-0.15, -0.1) is 0 Å². The molecular weight excluding hydrogens is 242 g/mol. The van der Waals surface area contributed by atoms with Crippen molar-refractivity contribution in [2.75, 3.05) is 19.2 Å². The summed E-state index contributed by atoms with van der Waals surface area (Å²) >= 11 is 0. The van der Waals surface area contributed by atoms with Crippen LogP contribution in [0.1, 0.15) is 0 Å². The Balaban J connectivity index is 2.03. The Bertz CT molecular complexity index is 449. The summed E-state index contributed by atoms with van der Waals surface area (Å²) in [5.41, 5.74) is 0. The molecule has 1 atom stereocenters. The van der Waals surface area contributed by atoms with Gasteiger partial charge in [-0.25, -0.2) is 0 Å². The molecule has 0 aliphatic carbocycles. The summed E-state index contributed by atoms with van der Waals surface area (Å²) in [6.07, 6.45) is 0. The Kier molecular flexibility index (Phi) is 4.32. The molecule has 2 rings (SSSR count). The molecule has 88 valence electrons. The van der Waals surface area contributed by atoms with Crippen LogP contribution in [0.5, 0.6) is 0 Å². The monoisotopic (exact) mass is 261 g/mol. The molecule has 0 fully saturated rings. The van der Waals surface area contributed by atoms with Gasteiger partial charge in [0.2, 0.25) is 0 Å². The lowest BCUT2D eigenvalue weighted by Crippen LogP contribution is -2.11. The molecule has 0 aliphatic heterocycles. The summed E-state index contributed by atoms with van der Waals surface area (Å²) in [6.45, 7) is 4.89. The van der Waals surface area contributed by atoms with Crippen LogP contribution in [-0.4, -0.2) is 19.2 Å². The molecule has 0 amide bonds. The van der Waals surface area contributed by atoms with Gasteiger partial charge in [0.1, 0.15) is 0 Å². The zero-order chi connectivity index (χ0) is 12.1. The van der Waals surface area contributed by atoms with Gasteiger partial charge in [-0.3, -0.25) is 0 Å². The van der Waals surface area contributed by atoms with Crippen molar-refractivity contribution in [2.24, 2.45) is 0 Å². The average molecular weight is 261 g/mol. The molecule has 0 aliphatic rings. The number of hydrogen-bond acceptors (Lipinski definition) is 0. The van der Waals surface area contributed by atoms with E-state index in [1.54, 1.807) is 5.30 Å². The van der Waals surface area contributed by atoms with E-state index in [1.165, 1.54) is 11.2 Å². The van der Waals surface area contributed by atoms with Crippen molar-refractivity contribution >= 4 is 26.5 Å². The van der Waals surface area contributed by atoms with Crippen molar-refractivity contribution in [1.82, 2.24) is 0 Å². The minimum Gasteiger partial charge on any atom is -0.0622 e. The van der Waals surface area contributed by atoms with E-state index in [9.17, 15) is 0 Å². The Morgan fingerprint density at radius 2 is 1.35 bits per heavy atom. The largest absolute Gasteiger partial charge is 0.0937 e. The SMILES string of the molecule is C[P+](C)(CPc1ccccc1)c1ccccc1. The molecule has 0 aromatic heterocycles. The summed E-state index contributed by atoms with van der Waals surface area (Å²) in [5.74, 6) is 1.32. The van der Waals surface area contributed by atoms with Crippen molar-refractivity contribution in [3.63, 3.8) is 0 Å². The standard InChI is InChI=1S/C15H19P2/c1-17(2,15-11-7-4-8-12-15)13-16-14-9-5-3-6-10-14/h3-12,16H,13H2,1-2H3/q+1. The maximum atomic E-state index is 2.44. The van der Waals surface area contributed by atoms with Gasteiger partial charge in [-0.1, -0.05) is 57.1 Å². The summed E-state index contributed by atoms with van der Waals surface area (Å²) in [4.78, 5) is 0. The molecule has 0 bridgehead atoms. The summed E-state index contributed by atoms with van der Waals surface area (Å²) in [6, 6.07) is 21.8. The Morgan fingerprint density at radius 3 is 1.94 bits per heavy atom. The smallest absolute Gasteiger partial charge is 0.0622 e. The zero-order valence-corrected chi connectivity index (χ0v) is 12.3.